The van der Waals surface area contributed by atoms with Crippen molar-refractivity contribution in [3.63, 3.8) is 0 Å². The number of carbonyl (C=O) groups is 2. The van der Waals surface area contributed by atoms with Crippen molar-refractivity contribution in [3.8, 4) is 0 Å². The molecule has 8 heteroatoms. The number of hydrogen-bond acceptors (Lipinski definition) is 6. The zero-order valence-electron chi connectivity index (χ0n) is 12.7. The highest BCUT2D eigenvalue weighted by Crippen LogP contribution is 2.53. The predicted octanol–water partition coefficient (Wildman–Crippen LogP) is 0.709. The highest BCUT2D eigenvalue weighted by molar-refractivity contribution is 6.24. The SMILES string of the molecule is Cc1ccc(N2C(=O)C3C4C=CC(CO)(O4)C3C2=O)c([N+](=O)[O-])c1. The van der Waals surface area contributed by atoms with Crippen LogP contribution in [-0.4, -0.2) is 40.2 Å². The lowest BCUT2D eigenvalue weighted by Gasteiger charge is -2.26. The number of nitrogens with zero attached hydrogens (tertiary/aromatic N) is 2. The number of nitro benzene ring substituents is 1. The number of aliphatic hydroxyl groups excluding tert-OH is 1. The number of amides is 2. The number of nitro groups is 1. The number of aryl methyl sites for hydroxylation is 1. The molecular weight excluding hydrogens is 316 g/mol. The third-order valence-electron chi connectivity index (χ3n) is 4.97. The van der Waals surface area contributed by atoms with Crippen LogP contribution in [0.5, 0.6) is 0 Å². The first kappa shape index (κ1) is 15.0. The van der Waals surface area contributed by atoms with Gasteiger partial charge < -0.3 is 9.84 Å². The number of imide groups is 1. The smallest absolute Gasteiger partial charge is 0.293 e. The first-order chi connectivity index (χ1) is 11.4. The van der Waals surface area contributed by atoms with Crippen LogP contribution in [-0.2, 0) is 14.3 Å². The quantitative estimate of drug-likeness (QED) is 0.378. The van der Waals surface area contributed by atoms with Crippen molar-refractivity contribution in [2.24, 2.45) is 11.8 Å². The van der Waals surface area contributed by atoms with Gasteiger partial charge >= 0.3 is 0 Å². The number of aliphatic hydroxyl groups is 1. The second-order valence-corrected chi connectivity index (χ2v) is 6.32. The topological polar surface area (TPSA) is 110 Å². The molecule has 4 rings (SSSR count). The third-order valence-corrected chi connectivity index (χ3v) is 4.97. The molecule has 8 nitrogen and oxygen atoms in total. The number of rotatable bonds is 3. The fourth-order valence-corrected chi connectivity index (χ4v) is 3.89. The van der Waals surface area contributed by atoms with E-state index in [2.05, 4.69) is 0 Å². The Balaban J connectivity index is 1.82. The summed E-state index contributed by atoms with van der Waals surface area (Å²) < 4.78 is 5.63. The van der Waals surface area contributed by atoms with Gasteiger partial charge in [0, 0.05) is 6.07 Å². The molecule has 2 saturated heterocycles. The maximum Gasteiger partial charge on any atom is 0.293 e. The maximum absolute atomic E-state index is 12.9. The van der Waals surface area contributed by atoms with Crippen molar-refractivity contribution in [1.82, 2.24) is 0 Å². The Hall–Kier alpha value is -2.58. The van der Waals surface area contributed by atoms with Gasteiger partial charge in [0.25, 0.3) is 5.69 Å². The molecule has 0 spiro atoms. The van der Waals surface area contributed by atoms with Gasteiger partial charge in [0.15, 0.2) is 0 Å². The van der Waals surface area contributed by atoms with Gasteiger partial charge in [0.05, 0.1) is 29.5 Å². The first-order valence-electron chi connectivity index (χ1n) is 7.50. The van der Waals surface area contributed by atoms with E-state index in [4.69, 9.17) is 4.74 Å². The Morgan fingerprint density at radius 1 is 1.38 bits per heavy atom. The average molecular weight is 330 g/mol. The molecule has 2 amide bonds. The van der Waals surface area contributed by atoms with Crippen LogP contribution in [0, 0.1) is 28.9 Å². The van der Waals surface area contributed by atoms with Crippen molar-refractivity contribution in [2.45, 2.75) is 18.6 Å². The Morgan fingerprint density at radius 2 is 2.12 bits per heavy atom. The first-order valence-corrected chi connectivity index (χ1v) is 7.50. The third kappa shape index (κ3) is 1.69. The van der Waals surface area contributed by atoms with E-state index in [0.29, 0.717) is 5.56 Å². The molecule has 0 radical (unpaired) electrons. The molecule has 2 bridgehead atoms. The fourth-order valence-electron chi connectivity index (χ4n) is 3.89. The van der Waals surface area contributed by atoms with Crippen molar-refractivity contribution >= 4 is 23.2 Å². The van der Waals surface area contributed by atoms with Gasteiger partial charge in [0.1, 0.15) is 11.3 Å². The molecule has 1 aromatic rings. The molecule has 4 unspecified atom stereocenters. The molecule has 2 fully saturated rings. The van der Waals surface area contributed by atoms with E-state index < -0.39 is 46.9 Å². The summed E-state index contributed by atoms with van der Waals surface area (Å²) in [5.41, 5.74) is -0.892. The lowest BCUT2D eigenvalue weighted by molar-refractivity contribution is -0.384. The van der Waals surface area contributed by atoms with Crippen LogP contribution in [0.25, 0.3) is 0 Å². The summed E-state index contributed by atoms with van der Waals surface area (Å²) in [5, 5.41) is 21.0. The normalized spacial score (nSPS) is 33.4. The van der Waals surface area contributed by atoms with Gasteiger partial charge in [-0.3, -0.25) is 19.7 Å². The van der Waals surface area contributed by atoms with Crippen LogP contribution < -0.4 is 4.90 Å². The van der Waals surface area contributed by atoms with Crippen molar-refractivity contribution in [3.05, 3.63) is 46.0 Å². The Bertz CT molecular complexity index is 819. The molecular formula is C16H14N2O6. The van der Waals surface area contributed by atoms with Crippen LogP contribution in [0.1, 0.15) is 5.56 Å². The molecule has 24 heavy (non-hydrogen) atoms. The number of ether oxygens (including phenoxy) is 1. The molecule has 0 aromatic heterocycles. The van der Waals surface area contributed by atoms with E-state index in [-0.39, 0.29) is 11.4 Å². The summed E-state index contributed by atoms with van der Waals surface area (Å²) in [4.78, 5) is 37.3. The summed E-state index contributed by atoms with van der Waals surface area (Å²) >= 11 is 0. The average Bonchev–Trinajstić information content (AvgIpc) is 3.19. The minimum Gasteiger partial charge on any atom is -0.393 e. The van der Waals surface area contributed by atoms with Crippen LogP contribution in [0.4, 0.5) is 11.4 Å². The molecule has 1 aromatic carbocycles. The van der Waals surface area contributed by atoms with Gasteiger partial charge in [-0.05, 0) is 18.6 Å². The number of anilines is 1. The van der Waals surface area contributed by atoms with E-state index in [1.807, 2.05) is 0 Å². The number of carbonyl (C=O) groups excluding carboxylic acids is 2. The van der Waals surface area contributed by atoms with Crippen LogP contribution in [0.3, 0.4) is 0 Å². The lowest BCUT2D eigenvalue weighted by Crippen LogP contribution is -2.43. The summed E-state index contributed by atoms with van der Waals surface area (Å²) in [6.07, 6.45) is 2.68. The molecule has 124 valence electrons. The molecule has 0 aliphatic carbocycles. The van der Waals surface area contributed by atoms with Crippen molar-refractivity contribution in [2.75, 3.05) is 11.5 Å². The van der Waals surface area contributed by atoms with Gasteiger partial charge in [-0.25, -0.2) is 4.90 Å². The summed E-state index contributed by atoms with van der Waals surface area (Å²) in [5.74, 6) is -2.71. The van der Waals surface area contributed by atoms with Gasteiger partial charge in [-0.2, -0.15) is 0 Å². The van der Waals surface area contributed by atoms with E-state index >= 15 is 0 Å². The Labute approximate surface area is 136 Å². The maximum atomic E-state index is 12.9. The molecule has 0 saturated carbocycles. The van der Waals surface area contributed by atoms with Gasteiger partial charge in [-0.1, -0.05) is 18.2 Å². The van der Waals surface area contributed by atoms with Crippen LogP contribution in [0.15, 0.2) is 30.4 Å². The van der Waals surface area contributed by atoms with E-state index in [9.17, 15) is 24.8 Å². The number of hydrogen-bond donors (Lipinski definition) is 1. The fraction of sp³-hybridized carbons (Fsp3) is 0.375. The minimum absolute atomic E-state index is 0.0394. The monoisotopic (exact) mass is 330 g/mol. The Kier molecular flexibility index (Phi) is 2.94. The highest BCUT2D eigenvalue weighted by atomic mass is 16.6. The van der Waals surface area contributed by atoms with Crippen LogP contribution in [0.2, 0.25) is 0 Å². The summed E-state index contributed by atoms with van der Waals surface area (Å²) in [7, 11) is 0. The number of fused-ring (bicyclic) bond motifs is 5. The zero-order chi connectivity index (χ0) is 17.2. The molecule has 4 atom stereocenters. The van der Waals surface area contributed by atoms with Crippen LogP contribution >= 0.6 is 0 Å². The molecule has 3 heterocycles. The lowest BCUT2D eigenvalue weighted by atomic mass is 9.77. The van der Waals surface area contributed by atoms with Gasteiger partial charge in [0.2, 0.25) is 11.8 Å². The summed E-state index contributed by atoms with van der Waals surface area (Å²) in [6, 6.07) is 4.35. The second-order valence-electron chi connectivity index (χ2n) is 6.32. The van der Waals surface area contributed by atoms with Crippen molar-refractivity contribution in [1.29, 1.82) is 0 Å². The molecule has 3 aliphatic heterocycles. The second kappa shape index (κ2) is 4.71. The van der Waals surface area contributed by atoms with E-state index in [1.165, 1.54) is 12.1 Å². The standard InChI is InChI=1S/C16H14N2O6/c1-8-2-3-9(10(6-8)18(22)23)17-14(20)12-11-4-5-16(7-19,24-11)13(12)15(17)21/h2-6,11-13,19H,7H2,1H3. The van der Waals surface area contributed by atoms with E-state index in [1.54, 1.807) is 25.1 Å². The zero-order valence-corrected chi connectivity index (χ0v) is 12.7. The Morgan fingerprint density at radius 3 is 2.79 bits per heavy atom. The summed E-state index contributed by atoms with van der Waals surface area (Å²) in [6.45, 7) is 1.27. The number of benzene rings is 1. The predicted molar refractivity (Wildman–Crippen MR) is 81.1 cm³/mol. The van der Waals surface area contributed by atoms with Gasteiger partial charge in [-0.15, -0.1) is 0 Å². The molecule has 3 aliphatic rings. The minimum atomic E-state index is -1.21. The molecule has 1 N–H and O–H groups in total. The largest absolute Gasteiger partial charge is 0.393 e. The van der Waals surface area contributed by atoms with Crippen molar-refractivity contribution < 1.29 is 24.4 Å². The van der Waals surface area contributed by atoms with E-state index in [0.717, 1.165) is 4.90 Å². The highest BCUT2D eigenvalue weighted by Gasteiger charge is 2.68.